The largest absolute Gasteiger partial charge is 0.326 e. The predicted octanol–water partition coefficient (Wildman–Crippen LogP) is 3.36. The van der Waals surface area contributed by atoms with Gasteiger partial charge in [-0.25, -0.2) is 0 Å². The predicted molar refractivity (Wildman–Crippen MR) is 85.5 cm³/mol. The summed E-state index contributed by atoms with van der Waals surface area (Å²) < 4.78 is 0. The number of aryl methyl sites for hydroxylation is 3. The van der Waals surface area contributed by atoms with Crippen molar-refractivity contribution in [1.29, 1.82) is 0 Å². The van der Waals surface area contributed by atoms with E-state index < -0.39 is 0 Å². The smallest absolute Gasteiger partial charge is 0.0213 e. The van der Waals surface area contributed by atoms with Gasteiger partial charge in [0.05, 0.1) is 0 Å². The van der Waals surface area contributed by atoms with E-state index in [0.29, 0.717) is 6.54 Å². The van der Waals surface area contributed by atoms with Crippen LogP contribution < -0.4 is 11.1 Å². The number of nitrogens with two attached hydrogens (primary N) is 1. The van der Waals surface area contributed by atoms with E-state index in [1.165, 1.54) is 33.4 Å². The fourth-order valence-electron chi connectivity index (χ4n) is 2.61. The fraction of sp³-hybridized carbons (Fsp3) is 0.333. The van der Waals surface area contributed by atoms with Gasteiger partial charge in [0, 0.05) is 19.6 Å². The van der Waals surface area contributed by atoms with Gasteiger partial charge in [-0.05, 0) is 48.6 Å². The van der Waals surface area contributed by atoms with Crippen LogP contribution in [0.15, 0.2) is 36.4 Å². The van der Waals surface area contributed by atoms with Crippen LogP contribution >= 0.6 is 0 Å². The van der Waals surface area contributed by atoms with Crippen molar-refractivity contribution in [2.24, 2.45) is 5.73 Å². The van der Waals surface area contributed by atoms with E-state index >= 15 is 0 Å². The first kappa shape index (κ1) is 14.8. The van der Waals surface area contributed by atoms with Gasteiger partial charge in [-0.2, -0.15) is 0 Å². The Balaban J connectivity index is 1.95. The lowest BCUT2D eigenvalue weighted by atomic mass is 10.00. The molecule has 0 aliphatic heterocycles. The van der Waals surface area contributed by atoms with Crippen molar-refractivity contribution in [2.75, 3.05) is 0 Å². The average molecular weight is 268 g/mol. The molecule has 2 rings (SSSR count). The summed E-state index contributed by atoms with van der Waals surface area (Å²) in [5.41, 5.74) is 13.6. The number of hydrogen-bond donors (Lipinski definition) is 2. The lowest BCUT2D eigenvalue weighted by Crippen LogP contribution is -2.14. The summed E-state index contributed by atoms with van der Waals surface area (Å²) in [6.45, 7) is 8.93. The zero-order chi connectivity index (χ0) is 14.5. The minimum Gasteiger partial charge on any atom is -0.326 e. The normalized spacial score (nSPS) is 10.8. The molecule has 0 fully saturated rings. The van der Waals surface area contributed by atoms with Crippen LogP contribution in [0.4, 0.5) is 0 Å². The first-order valence-corrected chi connectivity index (χ1v) is 7.15. The van der Waals surface area contributed by atoms with Crippen LogP contribution in [0.25, 0.3) is 0 Å². The van der Waals surface area contributed by atoms with Crippen LogP contribution in [-0.2, 0) is 19.6 Å². The second-order valence-corrected chi connectivity index (χ2v) is 5.50. The third-order valence-electron chi connectivity index (χ3n) is 3.73. The van der Waals surface area contributed by atoms with Crippen LogP contribution in [0.1, 0.15) is 33.4 Å². The molecule has 0 atom stereocenters. The van der Waals surface area contributed by atoms with Crippen molar-refractivity contribution in [2.45, 2.75) is 40.4 Å². The van der Waals surface area contributed by atoms with Gasteiger partial charge in [-0.3, -0.25) is 0 Å². The Morgan fingerprint density at radius 1 is 0.850 bits per heavy atom. The SMILES string of the molecule is Cc1cc(C)c(CNCc2ccc(CN)cc2)c(C)c1. The Morgan fingerprint density at radius 2 is 1.40 bits per heavy atom. The number of benzene rings is 2. The van der Waals surface area contributed by atoms with Crippen molar-refractivity contribution in [3.8, 4) is 0 Å². The maximum absolute atomic E-state index is 5.61. The number of hydrogen-bond acceptors (Lipinski definition) is 2. The highest BCUT2D eigenvalue weighted by Gasteiger charge is 2.03. The molecule has 0 aliphatic rings. The monoisotopic (exact) mass is 268 g/mol. The second-order valence-electron chi connectivity index (χ2n) is 5.50. The van der Waals surface area contributed by atoms with Gasteiger partial charge >= 0.3 is 0 Å². The summed E-state index contributed by atoms with van der Waals surface area (Å²) in [7, 11) is 0. The summed E-state index contributed by atoms with van der Waals surface area (Å²) >= 11 is 0. The molecule has 2 nitrogen and oxygen atoms in total. The second kappa shape index (κ2) is 6.69. The maximum Gasteiger partial charge on any atom is 0.0213 e. The molecule has 2 aromatic carbocycles. The third kappa shape index (κ3) is 3.69. The molecular formula is C18H24N2. The van der Waals surface area contributed by atoms with Gasteiger partial charge < -0.3 is 11.1 Å². The van der Waals surface area contributed by atoms with Crippen LogP contribution in [0, 0.1) is 20.8 Å². The number of rotatable bonds is 5. The van der Waals surface area contributed by atoms with Gasteiger partial charge in [0.2, 0.25) is 0 Å². The Morgan fingerprint density at radius 3 is 1.95 bits per heavy atom. The van der Waals surface area contributed by atoms with Gasteiger partial charge in [0.25, 0.3) is 0 Å². The zero-order valence-corrected chi connectivity index (χ0v) is 12.7. The van der Waals surface area contributed by atoms with E-state index in [1.54, 1.807) is 0 Å². The van der Waals surface area contributed by atoms with Crippen molar-refractivity contribution >= 4 is 0 Å². The molecule has 0 aliphatic carbocycles. The molecule has 0 bridgehead atoms. The molecule has 2 heteroatoms. The Hall–Kier alpha value is -1.64. The Kier molecular flexibility index (Phi) is 4.94. The zero-order valence-electron chi connectivity index (χ0n) is 12.7. The molecule has 0 saturated carbocycles. The van der Waals surface area contributed by atoms with Gasteiger partial charge in [0.1, 0.15) is 0 Å². The molecule has 0 saturated heterocycles. The van der Waals surface area contributed by atoms with Crippen LogP contribution in [0.5, 0.6) is 0 Å². The Labute approximate surface area is 122 Å². The Bertz CT molecular complexity index is 547. The molecule has 0 unspecified atom stereocenters. The highest BCUT2D eigenvalue weighted by molar-refractivity contribution is 5.37. The summed E-state index contributed by atoms with van der Waals surface area (Å²) in [5.74, 6) is 0. The standard InChI is InChI=1S/C18H24N2/c1-13-8-14(2)18(15(3)9-13)12-20-11-17-6-4-16(10-19)5-7-17/h4-9,20H,10-12,19H2,1-3H3. The van der Waals surface area contributed by atoms with E-state index in [1.807, 2.05) is 0 Å². The molecule has 3 N–H and O–H groups in total. The molecule has 0 heterocycles. The minimum absolute atomic E-state index is 0.607. The molecule has 0 amide bonds. The lowest BCUT2D eigenvalue weighted by molar-refractivity contribution is 0.687. The topological polar surface area (TPSA) is 38.0 Å². The quantitative estimate of drug-likeness (QED) is 0.872. The maximum atomic E-state index is 5.61. The van der Waals surface area contributed by atoms with Gasteiger partial charge in [-0.15, -0.1) is 0 Å². The summed E-state index contributed by atoms with van der Waals surface area (Å²) in [4.78, 5) is 0. The van der Waals surface area contributed by atoms with Gasteiger partial charge in [0.15, 0.2) is 0 Å². The third-order valence-corrected chi connectivity index (χ3v) is 3.73. The molecule has 2 aromatic rings. The van der Waals surface area contributed by atoms with Crippen LogP contribution in [-0.4, -0.2) is 0 Å². The molecular weight excluding hydrogens is 244 g/mol. The van der Waals surface area contributed by atoms with E-state index in [4.69, 9.17) is 5.73 Å². The molecule has 0 spiro atoms. The van der Waals surface area contributed by atoms with Gasteiger partial charge in [-0.1, -0.05) is 42.0 Å². The van der Waals surface area contributed by atoms with Crippen LogP contribution in [0.2, 0.25) is 0 Å². The molecule has 20 heavy (non-hydrogen) atoms. The highest BCUT2D eigenvalue weighted by atomic mass is 14.8. The highest BCUT2D eigenvalue weighted by Crippen LogP contribution is 2.16. The minimum atomic E-state index is 0.607. The van der Waals surface area contributed by atoms with E-state index in [2.05, 4.69) is 62.5 Å². The van der Waals surface area contributed by atoms with Crippen molar-refractivity contribution in [3.05, 3.63) is 69.8 Å². The first-order chi connectivity index (χ1) is 9.60. The van der Waals surface area contributed by atoms with Crippen molar-refractivity contribution in [3.63, 3.8) is 0 Å². The summed E-state index contributed by atoms with van der Waals surface area (Å²) in [6, 6.07) is 13.0. The van der Waals surface area contributed by atoms with E-state index in [-0.39, 0.29) is 0 Å². The molecule has 106 valence electrons. The summed E-state index contributed by atoms with van der Waals surface area (Å²) in [6.07, 6.45) is 0. The lowest BCUT2D eigenvalue weighted by Gasteiger charge is -2.12. The molecule has 0 radical (unpaired) electrons. The molecule has 0 aromatic heterocycles. The van der Waals surface area contributed by atoms with E-state index in [0.717, 1.165) is 13.1 Å². The number of nitrogens with one attached hydrogen (secondary N) is 1. The first-order valence-electron chi connectivity index (χ1n) is 7.15. The average Bonchev–Trinajstić information content (AvgIpc) is 2.42. The van der Waals surface area contributed by atoms with Crippen molar-refractivity contribution in [1.82, 2.24) is 5.32 Å². The van der Waals surface area contributed by atoms with Crippen molar-refractivity contribution < 1.29 is 0 Å². The fourth-order valence-corrected chi connectivity index (χ4v) is 2.61. The summed E-state index contributed by atoms with van der Waals surface area (Å²) in [5, 5.41) is 3.53. The van der Waals surface area contributed by atoms with E-state index in [9.17, 15) is 0 Å². The van der Waals surface area contributed by atoms with Crippen LogP contribution in [0.3, 0.4) is 0 Å².